The first-order valence-electron chi connectivity index (χ1n) is 15.3. The summed E-state index contributed by atoms with van der Waals surface area (Å²) in [7, 11) is 1.61. The van der Waals surface area contributed by atoms with E-state index >= 15 is 0 Å². The van der Waals surface area contributed by atoms with Gasteiger partial charge in [-0.2, -0.15) is 0 Å². The molecule has 4 saturated carbocycles. The number of hydrogen-bond donors (Lipinski definition) is 5. The number of aliphatic hydroxyl groups is 4. The van der Waals surface area contributed by atoms with Gasteiger partial charge in [0, 0.05) is 29.0 Å². The number of carbonyl (C=O) groups excluding carboxylic acids is 1. The molecule has 0 aromatic heterocycles. The Morgan fingerprint density at radius 3 is 2.20 bits per heavy atom. The number of carboxylic acids is 1. The summed E-state index contributed by atoms with van der Waals surface area (Å²) in [6.07, 6.45) is -1.29. The van der Waals surface area contributed by atoms with Gasteiger partial charge in [0.25, 0.3) is 0 Å². The molecule has 5 N–H and O–H groups in total. The molecule has 2 unspecified atom stereocenters. The third-order valence-corrected chi connectivity index (χ3v) is 9.99. The van der Waals surface area contributed by atoms with Crippen LogP contribution in [0.25, 0.3) is 11.8 Å². The average Bonchev–Trinajstić information content (AvgIpc) is 3.04. The monoisotopic (exact) mass is 656 g/mol. The van der Waals surface area contributed by atoms with Crippen LogP contribution >= 0.6 is 11.6 Å². The molecule has 4 aliphatic carbocycles. The summed E-state index contributed by atoms with van der Waals surface area (Å²) in [6.45, 7) is -0.506. The van der Waals surface area contributed by atoms with Crippen LogP contribution in [0.4, 0.5) is 0 Å². The number of halogens is 1. The molecule has 1 aliphatic heterocycles. The van der Waals surface area contributed by atoms with Gasteiger partial charge in [-0.15, -0.1) is 0 Å². The summed E-state index contributed by atoms with van der Waals surface area (Å²) in [5.74, 6) is 1.30. The third-order valence-electron chi connectivity index (χ3n) is 9.61. The Balaban J connectivity index is 1.23. The molecule has 0 amide bonds. The Labute approximate surface area is 270 Å². The number of ketones is 1. The topological polar surface area (TPSA) is 172 Å². The van der Waals surface area contributed by atoms with Crippen LogP contribution in [0.1, 0.15) is 42.4 Å². The van der Waals surface area contributed by atoms with E-state index in [0.717, 1.165) is 31.8 Å². The van der Waals surface area contributed by atoms with Crippen LogP contribution in [0, 0.1) is 23.7 Å². The van der Waals surface area contributed by atoms with Crippen molar-refractivity contribution in [1.82, 2.24) is 0 Å². The molecule has 2 aromatic rings. The molecule has 7 rings (SSSR count). The molecule has 5 atom stereocenters. The van der Waals surface area contributed by atoms with Gasteiger partial charge in [-0.1, -0.05) is 29.8 Å². The number of carbonyl (C=O) groups is 2. The zero-order chi connectivity index (χ0) is 32.7. The van der Waals surface area contributed by atoms with Gasteiger partial charge in [-0.3, -0.25) is 4.79 Å². The van der Waals surface area contributed by atoms with Crippen molar-refractivity contribution in [3.63, 3.8) is 0 Å². The Morgan fingerprint density at radius 1 is 0.957 bits per heavy atom. The van der Waals surface area contributed by atoms with Crippen molar-refractivity contribution in [3.05, 3.63) is 69.8 Å². The van der Waals surface area contributed by atoms with E-state index < -0.39 is 43.3 Å². The molecule has 4 bridgehead atoms. The highest BCUT2D eigenvalue weighted by Gasteiger charge is 2.51. The first-order valence-corrected chi connectivity index (χ1v) is 15.7. The Kier molecular flexibility index (Phi) is 9.43. The van der Waals surface area contributed by atoms with Gasteiger partial charge in [0.2, 0.25) is 6.29 Å². The molecular formula is C34H37ClO11. The highest BCUT2D eigenvalue weighted by atomic mass is 35.5. The molecule has 1 saturated heterocycles. The van der Waals surface area contributed by atoms with Crippen molar-refractivity contribution >= 4 is 35.2 Å². The maximum absolute atomic E-state index is 12.6. The third kappa shape index (κ3) is 6.15. The lowest BCUT2D eigenvalue weighted by atomic mass is 9.53. The van der Waals surface area contributed by atoms with Gasteiger partial charge in [0.15, 0.2) is 0 Å². The molecule has 246 valence electrons. The number of hydrogen-bond acceptors (Lipinski definition) is 10. The molecular weight excluding hydrogens is 620 g/mol. The SMILES string of the molecule is COC(=C1C2CC3CC1CC(C2)C3=O)c1ccc(/C=C/C(=O)O)c(OCc2ccc(O[C@@H]3OC(CO)[C@H](O)[C@H](O)C3O)cc2)c1Cl. The van der Waals surface area contributed by atoms with E-state index in [0.29, 0.717) is 34.0 Å². The fourth-order valence-electron chi connectivity index (χ4n) is 7.46. The molecule has 0 radical (unpaired) electrons. The Morgan fingerprint density at radius 2 is 1.61 bits per heavy atom. The van der Waals surface area contributed by atoms with E-state index in [1.165, 1.54) is 11.6 Å². The van der Waals surface area contributed by atoms with Gasteiger partial charge in [0.1, 0.15) is 54.1 Å². The number of methoxy groups -OCH3 is 1. The van der Waals surface area contributed by atoms with Crippen LogP contribution in [-0.4, -0.2) is 81.7 Å². The molecule has 46 heavy (non-hydrogen) atoms. The van der Waals surface area contributed by atoms with E-state index in [-0.39, 0.29) is 41.1 Å². The molecule has 0 spiro atoms. The van der Waals surface area contributed by atoms with Gasteiger partial charge in [-0.05, 0) is 72.9 Å². The lowest BCUT2D eigenvalue weighted by Crippen LogP contribution is -2.60. The zero-order valence-corrected chi connectivity index (χ0v) is 25.9. The summed E-state index contributed by atoms with van der Waals surface area (Å²) in [5.41, 5.74) is 3.02. The summed E-state index contributed by atoms with van der Waals surface area (Å²) in [6, 6.07) is 10.2. The Hall–Kier alpha value is -3.45. The van der Waals surface area contributed by atoms with E-state index in [9.17, 15) is 35.1 Å². The average molecular weight is 657 g/mol. The molecule has 5 aliphatic rings. The Bertz CT molecular complexity index is 1500. The van der Waals surface area contributed by atoms with Crippen LogP contribution in [0.15, 0.2) is 48.0 Å². The van der Waals surface area contributed by atoms with Crippen molar-refractivity contribution in [3.8, 4) is 11.5 Å². The van der Waals surface area contributed by atoms with Crippen molar-refractivity contribution in [2.75, 3.05) is 13.7 Å². The molecule has 5 fully saturated rings. The summed E-state index contributed by atoms with van der Waals surface area (Å²) in [4.78, 5) is 23.9. The summed E-state index contributed by atoms with van der Waals surface area (Å²) < 4.78 is 23.3. The molecule has 11 nitrogen and oxygen atoms in total. The number of aliphatic hydroxyl groups excluding tert-OH is 4. The predicted molar refractivity (Wildman–Crippen MR) is 165 cm³/mol. The minimum Gasteiger partial charge on any atom is -0.496 e. The number of allylic oxidation sites excluding steroid dienone is 1. The zero-order valence-electron chi connectivity index (χ0n) is 25.1. The van der Waals surface area contributed by atoms with Crippen LogP contribution in [0.5, 0.6) is 11.5 Å². The summed E-state index contributed by atoms with van der Waals surface area (Å²) in [5, 5.41) is 49.2. The maximum atomic E-state index is 12.6. The van der Waals surface area contributed by atoms with Crippen LogP contribution in [0.2, 0.25) is 5.02 Å². The van der Waals surface area contributed by atoms with Crippen LogP contribution < -0.4 is 9.47 Å². The van der Waals surface area contributed by atoms with Gasteiger partial charge in [0.05, 0.1) is 18.7 Å². The lowest BCUT2D eigenvalue weighted by molar-refractivity contribution is -0.277. The second-order valence-corrected chi connectivity index (χ2v) is 12.8. The molecule has 2 aromatic carbocycles. The fourth-order valence-corrected chi connectivity index (χ4v) is 7.77. The largest absolute Gasteiger partial charge is 0.496 e. The van der Waals surface area contributed by atoms with Crippen molar-refractivity contribution in [1.29, 1.82) is 0 Å². The number of aliphatic carboxylic acids is 1. The number of benzene rings is 2. The number of ether oxygens (including phenoxy) is 4. The van der Waals surface area contributed by atoms with Crippen LogP contribution in [0.3, 0.4) is 0 Å². The minimum atomic E-state index is -1.56. The predicted octanol–water partition coefficient (Wildman–Crippen LogP) is 3.19. The van der Waals surface area contributed by atoms with E-state index in [1.54, 1.807) is 37.4 Å². The smallest absolute Gasteiger partial charge is 0.328 e. The summed E-state index contributed by atoms with van der Waals surface area (Å²) >= 11 is 7.01. The second kappa shape index (κ2) is 13.3. The number of rotatable bonds is 10. The number of Topliss-reactive ketones (excluding diaryl/α,β-unsaturated/α-hetero) is 1. The normalized spacial score (nSPS) is 31.7. The van der Waals surface area contributed by atoms with E-state index in [1.807, 2.05) is 6.07 Å². The fraction of sp³-hybridized carbons (Fsp3) is 0.471. The van der Waals surface area contributed by atoms with Gasteiger partial charge >= 0.3 is 5.97 Å². The highest BCUT2D eigenvalue weighted by Crippen LogP contribution is 2.57. The second-order valence-electron chi connectivity index (χ2n) is 12.4. The number of carboxylic acid groups (broad SMARTS) is 1. The minimum absolute atomic E-state index is 0.0625. The van der Waals surface area contributed by atoms with Crippen LogP contribution in [-0.2, 0) is 25.7 Å². The quantitative estimate of drug-likeness (QED) is 0.188. The van der Waals surface area contributed by atoms with E-state index in [4.69, 9.17) is 30.5 Å². The van der Waals surface area contributed by atoms with Gasteiger partial charge < -0.3 is 44.5 Å². The first-order chi connectivity index (χ1) is 22.1. The van der Waals surface area contributed by atoms with Crippen molar-refractivity contribution in [2.24, 2.45) is 23.7 Å². The first kappa shape index (κ1) is 32.5. The lowest BCUT2D eigenvalue weighted by Gasteiger charge is -2.50. The maximum Gasteiger partial charge on any atom is 0.328 e. The van der Waals surface area contributed by atoms with Crippen molar-refractivity contribution < 1.29 is 54.1 Å². The van der Waals surface area contributed by atoms with Gasteiger partial charge in [-0.25, -0.2) is 4.79 Å². The molecule has 12 heteroatoms. The van der Waals surface area contributed by atoms with E-state index in [2.05, 4.69) is 0 Å². The standard InChI is InChI=1S/C34H37ClO11/c1-43-33(26-18-10-20-12-19(26)13-21(11-18)28(20)39)23-8-4-17(5-9-25(37)38)32(27(23)35)44-15-16-2-6-22(7-3-16)45-34-31(42)30(41)29(40)24(14-36)46-34/h2-9,18-21,24,29-31,34,36,40-42H,10-15H2,1H3,(H,37,38)/b9-5+,33-26?/t18?,19?,20?,21?,24?,29-,30-,31?,34+/m0/s1. The van der Waals surface area contributed by atoms with Crippen molar-refractivity contribution in [2.45, 2.75) is 63.0 Å². The molecule has 1 heterocycles. The highest BCUT2D eigenvalue weighted by molar-refractivity contribution is 6.34.